The Morgan fingerprint density at radius 2 is 1.89 bits per heavy atom. The number of nitrogens with one attached hydrogen (secondary N) is 1. The fourth-order valence-electron chi connectivity index (χ4n) is 2.08. The van der Waals surface area contributed by atoms with Crippen molar-refractivity contribution in [1.82, 2.24) is 0 Å². The summed E-state index contributed by atoms with van der Waals surface area (Å²) in [4.78, 5) is 12.4. The number of halogens is 2. The normalized spacial score (nSPS) is 17.4. The van der Waals surface area contributed by atoms with Crippen LogP contribution in [0.25, 0.3) is 0 Å². The summed E-state index contributed by atoms with van der Waals surface area (Å²) in [6.45, 7) is 1.58. The molecule has 0 aliphatic carbocycles. The molecule has 19 heavy (non-hydrogen) atoms. The van der Waals surface area contributed by atoms with Gasteiger partial charge in [0.1, 0.15) is 0 Å². The number of anilines is 1. The van der Waals surface area contributed by atoms with Crippen molar-refractivity contribution in [2.45, 2.75) is 12.8 Å². The molecule has 6 heteroatoms. The molecule has 1 aromatic carbocycles. The van der Waals surface area contributed by atoms with E-state index in [0.29, 0.717) is 32.6 Å². The van der Waals surface area contributed by atoms with Gasteiger partial charge in [0.15, 0.2) is 0 Å². The molecule has 0 saturated carbocycles. The average molecular weight is 397 g/mol. The molecule has 0 spiro atoms. The quantitative estimate of drug-likeness (QED) is 0.771. The Morgan fingerprint density at radius 1 is 1.32 bits per heavy atom. The molecule has 0 atom stereocenters. The number of carbonyl (C=O) groups is 1. The van der Waals surface area contributed by atoms with Crippen LogP contribution in [0.1, 0.15) is 12.8 Å². The van der Waals surface area contributed by atoms with Gasteiger partial charge in [-0.2, -0.15) is 0 Å². The summed E-state index contributed by atoms with van der Waals surface area (Å²) < 4.78 is 6.45. The van der Waals surface area contributed by atoms with Crippen LogP contribution in [-0.4, -0.2) is 25.7 Å². The average Bonchev–Trinajstić information content (AvgIpc) is 2.42. The minimum atomic E-state index is -0.471. The number of nitrogens with two attached hydrogens (primary N) is 1. The maximum Gasteiger partial charge on any atom is 0.232 e. The van der Waals surface area contributed by atoms with Crippen LogP contribution in [0.15, 0.2) is 24.3 Å². The summed E-state index contributed by atoms with van der Waals surface area (Å²) in [5.41, 5.74) is 6.15. The zero-order valence-electron chi connectivity index (χ0n) is 10.5. The van der Waals surface area contributed by atoms with Gasteiger partial charge in [0, 0.05) is 29.0 Å². The summed E-state index contributed by atoms with van der Waals surface area (Å²) in [5.74, 6) is 0.00880. The zero-order valence-corrected chi connectivity index (χ0v) is 13.5. The van der Waals surface area contributed by atoms with E-state index in [2.05, 4.69) is 27.9 Å². The smallest absolute Gasteiger partial charge is 0.232 e. The molecule has 1 aromatic rings. The molecule has 0 unspecified atom stereocenters. The largest absolute Gasteiger partial charge is 0.381 e. The van der Waals surface area contributed by atoms with Crippen LogP contribution >= 0.6 is 35.0 Å². The van der Waals surface area contributed by atoms with Crippen molar-refractivity contribution in [3.63, 3.8) is 0 Å². The second-order valence-electron chi connectivity index (χ2n) is 4.56. The molecule has 3 N–H and O–H groups in total. The van der Waals surface area contributed by atoms with Gasteiger partial charge in [-0.1, -0.05) is 0 Å². The number of ether oxygens (including phenoxy) is 1. The van der Waals surface area contributed by atoms with Gasteiger partial charge in [-0.05, 0) is 59.7 Å². The van der Waals surface area contributed by atoms with Crippen LogP contribution in [-0.2, 0) is 9.53 Å². The van der Waals surface area contributed by atoms with E-state index in [1.54, 1.807) is 0 Å². The highest BCUT2D eigenvalue weighted by Gasteiger charge is 2.38. The van der Waals surface area contributed by atoms with Crippen molar-refractivity contribution < 1.29 is 9.53 Å². The van der Waals surface area contributed by atoms with E-state index in [1.165, 1.54) is 0 Å². The Hall–Kier alpha value is -0.370. The number of benzene rings is 1. The number of carbonyl (C=O) groups excluding carboxylic acids is 1. The first-order chi connectivity index (χ1) is 8.66. The zero-order chi connectivity index (χ0) is 13.0. The predicted molar refractivity (Wildman–Crippen MR) is 86.6 cm³/mol. The third-order valence-electron chi connectivity index (χ3n) is 3.42. The van der Waals surface area contributed by atoms with Gasteiger partial charge in [0.05, 0.1) is 5.41 Å². The Bertz CT molecular complexity index is 419. The van der Waals surface area contributed by atoms with Crippen LogP contribution in [0.4, 0.5) is 5.69 Å². The predicted octanol–water partition coefficient (Wildman–Crippen LogP) is 2.41. The van der Waals surface area contributed by atoms with Crippen molar-refractivity contribution in [2.24, 2.45) is 11.1 Å². The second-order valence-corrected chi connectivity index (χ2v) is 5.80. The van der Waals surface area contributed by atoms with Gasteiger partial charge in [0.25, 0.3) is 0 Å². The van der Waals surface area contributed by atoms with Crippen molar-refractivity contribution in [3.8, 4) is 0 Å². The van der Waals surface area contributed by atoms with Gasteiger partial charge in [-0.3, -0.25) is 4.79 Å². The summed E-state index contributed by atoms with van der Waals surface area (Å²) in [7, 11) is 0. The molecule has 1 saturated heterocycles. The van der Waals surface area contributed by atoms with Crippen LogP contribution in [0.5, 0.6) is 0 Å². The van der Waals surface area contributed by atoms with E-state index in [9.17, 15) is 4.79 Å². The Kier molecular flexibility index (Phi) is 6.52. The van der Waals surface area contributed by atoms with E-state index >= 15 is 0 Å². The van der Waals surface area contributed by atoms with Gasteiger partial charge >= 0.3 is 0 Å². The van der Waals surface area contributed by atoms with Crippen LogP contribution in [0.3, 0.4) is 0 Å². The molecular formula is C13H18ClIN2O2. The molecule has 2 rings (SSSR count). The number of hydrogen-bond donors (Lipinski definition) is 2. The molecule has 0 bridgehead atoms. The monoisotopic (exact) mass is 396 g/mol. The molecule has 106 valence electrons. The van der Waals surface area contributed by atoms with Crippen LogP contribution in [0.2, 0.25) is 0 Å². The summed E-state index contributed by atoms with van der Waals surface area (Å²) >= 11 is 2.23. The van der Waals surface area contributed by atoms with Crippen LogP contribution in [0, 0.1) is 8.99 Å². The lowest BCUT2D eigenvalue weighted by Gasteiger charge is -2.34. The highest BCUT2D eigenvalue weighted by atomic mass is 127. The van der Waals surface area contributed by atoms with Gasteiger partial charge in [-0.15, -0.1) is 12.4 Å². The molecular weight excluding hydrogens is 379 g/mol. The Labute approximate surface area is 133 Å². The molecule has 0 aromatic heterocycles. The lowest BCUT2D eigenvalue weighted by molar-refractivity contribution is -0.130. The number of rotatable bonds is 3. The molecule has 1 amide bonds. The minimum absolute atomic E-state index is 0. The SMILES string of the molecule is Cl.NCC1(C(=O)Nc2ccc(I)cc2)CCOCC1. The van der Waals surface area contributed by atoms with Gasteiger partial charge in [0.2, 0.25) is 5.91 Å². The third-order valence-corrected chi connectivity index (χ3v) is 4.14. The summed E-state index contributed by atoms with van der Waals surface area (Å²) in [5, 5.41) is 2.95. The minimum Gasteiger partial charge on any atom is -0.381 e. The van der Waals surface area contributed by atoms with Crippen molar-refractivity contribution in [1.29, 1.82) is 0 Å². The van der Waals surface area contributed by atoms with E-state index in [4.69, 9.17) is 10.5 Å². The molecule has 1 heterocycles. The lowest BCUT2D eigenvalue weighted by Crippen LogP contribution is -2.46. The van der Waals surface area contributed by atoms with E-state index in [-0.39, 0.29) is 18.3 Å². The van der Waals surface area contributed by atoms with E-state index in [1.807, 2.05) is 24.3 Å². The standard InChI is InChI=1S/C13H17IN2O2.ClH/c14-10-1-3-11(4-2-10)16-12(17)13(9-15)5-7-18-8-6-13;/h1-4H,5-9,15H2,(H,16,17);1H. The van der Waals surface area contributed by atoms with Gasteiger partial charge in [-0.25, -0.2) is 0 Å². The molecule has 1 aliphatic rings. The molecule has 0 radical (unpaired) electrons. The van der Waals surface area contributed by atoms with Crippen molar-refractivity contribution in [2.75, 3.05) is 25.1 Å². The first kappa shape index (κ1) is 16.7. The molecule has 1 aliphatic heterocycles. The van der Waals surface area contributed by atoms with Crippen LogP contribution < -0.4 is 11.1 Å². The van der Waals surface area contributed by atoms with Crippen molar-refractivity contribution in [3.05, 3.63) is 27.8 Å². The lowest BCUT2D eigenvalue weighted by atomic mass is 9.79. The summed E-state index contributed by atoms with van der Waals surface area (Å²) in [6.07, 6.45) is 1.39. The number of amides is 1. The Morgan fingerprint density at radius 3 is 2.42 bits per heavy atom. The maximum atomic E-state index is 12.4. The van der Waals surface area contributed by atoms with E-state index < -0.39 is 5.41 Å². The first-order valence-corrected chi connectivity index (χ1v) is 7.09. The molecule has 1 fully saturated rings. The Balaban J connectivity index is 0.00000180. The fourth-order valence-corrected chi connectivity index (χ4v) is 2.44. The number of hydrogen-bond acceptors (Lipinski definition) is 3. The third kappa shape index (κ3) is 4.05. The first-order valence-electron chi connectivity index (χ1n) is 6.01. The molecule has 4 nitrogen and oxygen atoms in total. The second kappa shape index (κ2) is 7.42. The van der Waals surface area contributed by atoms with E-state index in [0.717, 1.165) is 9.26 Å². The fraction of sp³-hybridized carbons (Fsp3) is 0.462. The topological polar surface area (TPSA) is 64.4 Å². The highest BCUT2D eigenvalue weighted by molar-refractivity contribution is 14.1. The van der Waals surface area contributed by atoms with Gasteiger partial charge < -0.3 is 15.8 Å². The highest BCUT2D eigenvalue weighted by Crippen LogP contribution is 2.30. The van der Waals surface area contributed by atoms with Crippen molar-refractivity contribution >= 4 is 46.6 Å². The maximum absolute atomic E-state index is 12.4. The summed E-state index contributed by atoms with van der Waals surface area (Å²) in [6, 6.07) is 7.75.